The van der Waals surface area contributed by atoms with Crippen LogP contribution >= 0.6 is 23.1 Å². The van der Waals surface area contributed by atoms with Crippen LogP contribution in [0.5, 0.6) is 0 Å². The number of fused-ring (bicyclic) bond motifs is 2. The number of imide groups is 1. The van der Waals surface area contributed by atoms with E-state index < -0.39 is 39.7 Å². The van der Waals surface area contributed by atoms with Gasteiger partial charge in [-0.15, -0.1) is 0 Å². The number of nitro groups is 1. The molecule has 0 spiro atoms. The van der Waals surface area contributed by atoms with Gasteiger partial charge in [-0.3, -0.25) is 33.9 Å². The number of hydrogen-bond donors (Lipinski definition) is 1. The second-order valence-electron chi connectivity index (χ2n) is 10.9. The van der Waals surface area contributed by atoms with Gasteiger partial charge in [-0.1, -0.05) is 52.9 Å². The quantitative estimate of drug-likeness (QED) is 0.178. The highest BCUT2D eigenvalue weighted by molar-refractivity contribution is 8.00. The van der Waals surface area contributed by atoms with Gasteiger partial charge in [0, 0.05) is 48.4 Å². The molecule has 224 valence electrons. The number of thiazole rings is 1. The van der Waals surface area contributed by atoms with E-state index in [0.29, 0.717) is 15.6 Å². The van der Waals surface area contributed by atoms with Gasteiger partial charge < -0.3 is 10.2 Å². The first-order valence-corrected chi connectivity index (χ1v) is 15.4. The number of nitrogens with one attached hydrogen (secondary N) is 1. The van der Waals surface area contributed by atoms with Crippen LogP contribution in [0.25, 0.3) is 0 Å². The molecule has 6 rings (SSSR count). The van der Waals surface area contributed by atoms with E-state index in [2.05, 4.69) is 5.32 Å². The van der Waals surface area contributed by atoms with Crippen LogP contribution in [0, 0.1) is 23.0 Å². The Bertz CT molecular complexity index is 1850. The minimum absolute atomic E-state index is 0.159. The number of rotatable bonds is 7. The molecule has 1 N–H and O–H groups in total. The van der Waals surface area contributed by atoms with Gasteiger partial charge in [0.1, 0.15) is 11.8 Å². The molecule has 1 aromatic heterocycles. The molecule has 4 aromatic rings. The highest BCUT2D eigenvalue weighted by Gasteiger charge is 2.56. The number of anilines is 3. The normalized spacial score (nSPS) is 19.0. The minimum atomic E-state index is -0.871. The van der Waals surface area contributed by atoms with Crippen molar-refractivity contribution >= 4 is 63.6 Å². The van der Waals surface area contributed by atoms with Crippen LogP contribution in [0.2, 0.25) is 0 Å². The summed E-state index contributed by atoms with van der Waals surface area (Å²) in [7, 11) is 3.82. The Morgan fingerprint density at radius 1 is 0.955 bits per heavy atom. The number of nitrogens with zero attached hydrogens (tertiary/aromatic N) is 4. The van der Waals surface area contributed by atoms with Crippen molar-refractivity contribution in [3.8, 4) is 0 Å². The molecule has 3 aromatic carbocycles. The molecular formula is C31H27N5O6S2. The number of thioether (sulfide) groups is 1. The third-order valence-corrected chi connectivity index (χ3v) is 10.4. The van der Waals surface area contributed by atoms with Crippen LogP contribution < -0.4 is 20.0 Å². The fourth-order valence-electron chi connectivity index (χ4n) is 5.55. The molecule has 44 heavy (non-hydrogen) atoms. The summed E-state index contributed by atoms with van der Waals surface area (Å²) in [6.45, 7) is 1.68. The maximum atomic E-state index is 14.0. The molecule has 2 aliphatic rings. The number of aryl methyl sites for hydroxylation is 1. The molecule has 1 saturated heterocycles. The summed E-state index contributed by atoms with van der Waals surface area (Å²) >= 11 is 2.09. The number of nitro benzene ring substituents is 1. The number of non-ortho nitro benzene ring substituents is 1. The van der Waals surface area contributed by atoms with Crippen LogP contribution in [0.15, 0.2) is 82.6 Å². The number of carbonyl (C=O) groups is 3. The Balaban J connectivity index is 1.40. The van der Waals surface area contributed by atoms with Crippen molar-refractivity contribution in [1.29, 1.82) is 0 Å². The predicted octanol–water partition coefficient (Wildman–Crippen LogP) is 4.63. The van der Waals surface area contributed by atoms with Crippen molar-refractivity contribution in [2.75, 3.05) is 29.2 Å². The van der Waals surface area contributed by atoms with Crippen molar-refractivity contribution in [3.05, 3.63) is 109 Å². The molecule has 0 radical (unpaired) electrons. The van der Waals surface area contributed by atoms with Gasteiger partial charge in [-0.2, -0.15) is 0 Å². The fraction of sp³-hybridized carbons (Fsp3) is 0.226. The first kappa shape index (κ1) is 29.3. The van der Waals surface area contributed by atoms with Crippen molar-refractivity contribution in [3.63, 3.8) is 0 Å². The highest BCUT2D eigenvalue weighted by atomic mass is 32.2. The zero-order valence-corrected chi connectivity index (χ0v) is 25.6. The first-order valence-electron chi connectivity index (χ1n) is 13.7. The summed E-state index contributed by atoms with van der Waals surface area (Å²) in [6, 6.07) is 20.2. The van der Waals surface area contributed by atoms with E-state index in [9.17, 15) is 29.3 Å². The molecule has 0 saturated carbocycles. The number of benzene rings is 3. The summed E-state index contributed by atoms with van der Waals surface area (Å²) in [5.41, 5.74) is 3.42. The maximum absolute atomic E-state index is 14.0. The predicted molar refractivity (Wildman–Crippen MR) is 170 cm³/mol. The molecule has 1 fully saturated rings. The Hall–Kier alpha value is -4.75. The van der Waals surface area contributed by atoms with E-state index in [4.69, 9.17) is 0 Å². The van der Waals surface area contributed by atoms with Crippen LogP contribution in [-0.2, 0) is 20.9 Å². The summed E-state index contributed by atoms with van der Waals surface area (Å²) < 4.78 is 1.37. The molecule has 13 heteroatoms. The van der Waals surface area contributed by atoms with Crippen LogP contribution in [0.1, 0.15) is 21.9 Å². The number of amides is 3. The third-order valence-electron chi connectivity index (χ3n) is 7.77. The van der Waals surface area contributed by atoms with Crippen molar-refractivity contribution in [1.82, 2.24) is 4.57 Å². The van der Waals surface area contributed by atoms with Gasteiger partial charge in [0.2, 0.25) is 17.7 Å². The minimum Gasteiger partial charge on any atom is -0.378 e. The second kappa shape index (κ2) is 11.4. The monoisotopic (exact) mass is 629 g/mol. The Morgan fingerprint density at radius 2 is 1.61 bits per heavy atom. The van der Waals surface area contributed by atoms with Crippen molar-refractivity contribution < 1.29 is 19.3 Å². The van der Waals surface area contributed by atoms with Crippen molar-refractivity contribution in [2.24, 2.45) is 5.92 Å². The molecule has 2 aliphatic heterocycles. The number of hydrogen-bond acceptors (Lipinski definition) is 9. The van der Waals surface area contributed by atoms with Crippen LogP contribution in [-0.4, -0.2) is 46.6 Å². The van der Waals surface area contributed by atoms with Gasteiger partial charge in [0.25, 0.3) is 5.69 Å². The lowest BCUT2D eigenvalue weighted by molar-refractivity contribution is -0.384. The lowest BCUT2D eigenvalue weighted by Crippen LogP contribution is -2.33. The van der Waals surface area contributed by atoms with E-state index >= 15 is 0 Å². The standard InChI is InChI=1S/C31H27N5O6S2/c1-17-4-8-19(9-5-17)32-23(37)16-34-30-27(44-31(34)40)24(18-6-10-20(11-7-18)33(2)3)25-26(43-30)29(39)35(28(25)38)21-12-14-22(15-13-21)36(41)42/h4-15,24-26H,16H2,1-3H3,(H,32,37)/t24-,25-,26+/m0/s1. The summed E-state index contributed by atoms with van der Waals surface area (Å²) in [5, 5.41) is 13.6. The Kier molecular flexibility index (Phi) is 7.59. The molecule has 3 heterocycles. The van der Waals surface area contributed by atoms with E-state index in [0.717, 1.165) is 44.8 Å². The molecule has 0 aliphatic carbocycles. The van der Waals surface area contributed by atoms with Gasteiger partial charge in [-0.05, 0) is 48.9 Å². The average molecular weight is 630 g/mol. The summed E-state index contributed by atoms with van der Waals surface area (Å²) in [5.74, 6) is -2.77. The zero-order valence-electron chi connectivity index (χ0n) is 23.9. The first-order chi connectivity index (χ1) is 21.0. The molecule has 11 nitrogen and oxygen atoms in total. The molecular weight excluding hydrogens is 603 g/mol. The lowest BCUT2D eigenvalue weighted by Gasteiger charge is -2.31. The van der Waals surface area contributed by atoms with Crippen molar-refractivity contribution in [2.45, 2.75) is 29.7 Å². The molecule has 0 bridgehead atoms. The zero-order chi connectivity index (χ0) is 31.3. The van der Waals surface area contributed by atoms with Gasteiger partial charge >= 0.3 is 4.87 Å². The largest absolute Gasteiger partial charge is 0.378 e. The van der Waals surface area contributed by atoms with Gasteiger partial charge in [0.05, 0.1) is 21.6 Å². The smallest absolute Gasteiger partial charge is 0.308 e. The number of carbonyl (C=O) groups excluding carboxylic acids is 3. The topological polar surface area (TPSA) is 135 Å². The van der Waals surface area contributed by atoms with E-state index in [1.54, 1.807) is 12.1 Å². The third kappa shape index (κ3) is 5.18. The second-order valence-corrected chi connectivity index (χ2v) is 13.0. The summed E-state index contributed by atoms with van der Waals surface area (Å²) in [6.07, 6.45) is 0. The Morgan fingerprint density at radius 3 is 2.23 bits per heavy atom. The lowest BCUT2D eigenvalue weighted by atomic mass is 9.83. The fourth-order valence-corrected chi connectivity index (χ4v) is 8.33. The molecule has 0 unspecified atom stereocenters. The highest BCUT2D eigenvalue weighted by Crippen LogP contribution is 2.54. The maximum Gasteiger partial charge on any atom is 0.308 e. The summed E-state index contributed by atoms with van der Waals surface area (Å²) in [4.78, 5) is 68.3. The molecule has 3 atom stereocenters. The van der Waals surface area contributed by atoms with E-state index in [1.807, 2.05) is 62.3 Å². The van der Waals surface area contributed by atoms with E-state index in [1.165, 1.54) is 28.8 Å². The van der Waals surface area contributed by atoms with Gasteiger partial charge in [-0.25, -0.2) is 4.90 Å². The molecule has 3 amide bonds. The SMILES string of the molecule is Cc1ccc(NC(=O)Cn2c3c(sc2=O)[C@@H](c2ccc(N(C)C)cc2)[C@@H]2C(=O)N(c4ccc([N+](=O)[O-])cc4)C(=O)[C@@H]2S3)cc1. The van der Waals surface area contributed by atoms with Crippen LogP contribution in [0.3, 0.4) is 0 Å². The average Bonchev–Trinajstić information content (AvgIpc) is 3.44. The van der Waals surface area contributed by atoms with Crippen LogP contribution in [0.4, 0.5) is 22.7 Å². The number of aromatic nitrogens is 1. The van der Waals surface area contributed by atoms with Gasteiger partial charge in [0.15, 0.2) is 0 Å². The van der Waals surface area contributed by atoms with E-state index in [-0.39, 0.29) is 22.8 Å². The Labute approximate surface area is 260 Å².